The van der Waals surface area contributed by atoms with Gasteiger partial charge in [-0.25, -0.2) is 0 Å². The Morgan fingerprint density at radius 1 is 1.27 bits per heavy atom. The van der Waals surface area contributed by atoms with E-state index in [0.717, 1.165) is 42.6 Å². The van der Waals surface area contributed by atoms with E-state index < -0.39 is 0 Å². The van der Waals surface area contributed by atoms with Crippen LogP contribution in [0.25, 0.3) is 0 Å². The molecule has 0 radical (unpaired) electrons. The number of aryl methyl sites for hydroxylation is 2. The molecule has 1 unspecified atom stereocenters. The number of hydrogen-bond acceptors (Lipinski definition) is 3. The van der Waals surface area contributed by atoms with Gasteiger partial charge in [-0.05, 0) is 44.4 Å². The van der Waals surface area contributed by atoms with Crippen LogP contribution in [0.5, 0.6) is 0 Å². The second-order valence-electron chi connectivity index (χ2n) is 6.01. The van der Waals surface area contributed by atoms with E-state index in [1.807, 2.05) is 32.0 Å². The average molecular weight is 303 g/mol. The molecule has 1 aliphatic heterocycles. The van der Waals surface area contributed by atoms with Crippen LogP contribution in [0.1, 0.15) is 30.4 Å². The minimum atomic E-state index is -0.163. The lowest BCUT2D eigenvalue weighted by molar-refractivity contribution is -0.135. The first-order valence-electron chi connectivity index (χ1n) is 7.83. The van der Waals surface area contributed by atoms with E-state index in [1.54, 1.807) is 7.05 Å². The Morgan fingerprint density at radius 2 is 1.95 bits per heavy atom. The Balaban J connectivity index is 1.92. The van der Waals surface area contributed by atoms with E-state index in [0.29, 0.717) is 0 Å². The standard InChI is InChI=1S/C17H25N3O2/c1-12-7-6-8-13(2)16(12)19-15(21)11-20(3)17(22)14-9-4-5-10-18-14/h6-8,14,18H,4-5,9-11H2,1-3H3,(H,19,21). The van der Waals surface area contributed by atoms with Crippen molar-refractivity contribution in [2.75, 3.05) is 25.5 Å². The van der Waals surface area contributed by atoms with E-state index in [2.05, 4.69) is 10.6 Å². The molecule has 0 saturated carbocycles. The van der Waals surface area contributed by atoms with Crippen LogP contribution in [0, 0.1) is 13.8 Å². The van der Waals surface area contributed by atoms with Gasteiger partial charge in [-0.1, -0.05) is 24.6 Å². The molecular weight excluding hydrogens is 278 g/mol. The summed E-state index contributed by atoms with van der Waals surface area (Å²) < 4.78 is 0. The van der Waals surface area contributed by atoms with Crippen molar-refractivity contribution >= 4 is 17.5 Å². The minimum absolute atomic E-state index is 0.00337. The van der Waals surface area contributed by atoms with Crippen LogP contribution >= 0.6 is 0 Å². The van der Waals surface area contributed by atoms with E-state index in [-0.39, 0.29) is 24.4 Å². The molecule has 120 valence electrons. The van der Waals surface area contributed by atoms with Gasteiger partial charge in [0.1, 0.15) is 0 Å². The topological polar surface area (TPSA) is 61.4 Å². The highest BCUT2D eigenvalue weighted by molar-refractivity contribution is 5.96. The first-order chi connectivity index (χ1) is 10.5. The third kappa shape index (κ3) is 4.07. The van der Waals surface area contributed by atoms with Gasteiger partial charge in [-0.2, -0.15) is 0 Å². The number of carbonyl (C=O) groups excluding carboxylic acids is 2. The number of nitrogens with zero attached hydrogens (tertiary/aromatic N) is 1. The lowest BCUT2D eigenvalue weighted by Gasteiger charge is -2.27. The van der Waals surface area contributed by atoms with Gasteiger partial charge < -0.3 is 15.5 Å². The van der Waals surface area contributed by atoms with Crippen LogP contribution in [0.2, 0.25) is 0 Å². The Hall–Kier alpha value is -1.88. The fourth-order valence-electron chi connectivity index (χ4n) is 2.81. The number of nitrogens with one attached hydrogen (secondary N) is 2. The molecule has 1 fully saturated rings. The number of para-hydroxylation sites is 1. The molecule has 1 heterocycles. The minimum Gasteiger partial charge on any atom is -0.335 e. The predicted octanol–water partition coefficient (Wildman–Crippen LogP) is 1.84. The van der Waals surface area contributed by atoms with Gasteiger partial charge in [0.05, 0.1) is 12.6 Å². The normalized spacial score (nSPS) is 17.9. The summed E-state index contributed by atoms with van der Waals surface area (Å²) in [5.74, 6) is -0.166. The number of benzene rings is 1. The molecule has 2 rings (SSSR count). The SMILES string of the molecule is Cc1cccc(C)c1NC(=O)CN(C)C(=O)C1CCCCN1. The molecule has 1 atom stereocenters. The number of rotatable bonds is 4. The first kappa shape index (κ1) is 16.5. The molecule has 0 spiro atoms. The van der Waals surface area contributed by atoms with Gasteiger partial charge in [0, 0.05) is 12.7 Å². The summed E-state index contributed by atoms with van der Waals surface area (Å²) in [6, 6.07) is 5.74. The van der Waals surface area contributed by atoms with Crippen LogP contribution < -0.4 is 10.6 Å². The Labute approximate surface area is 132 Å². The molecule has 5 heteroatoms. The molecule has 22 heavy (non-hydrogen) atoms. The van der Waals surface area contributed by atoms with E-state index in [9.17, 15) is 9.59 Å². The molecule has 1 aromatic carbocycles. The van der Waals surface area contributed by atoms with Crippen molar-refractivity contribution in [2.45, 2.75) is 39.2 Å². The number of hydrogen-bond donors (Lipinski definition) is 2. The molecule has 5 nitrogen and oxygen atoms in total. The molecule has 1 saturated heterocycles. The maximum atomic E-state index is 12.3. The van der Waals surface area contributed by atoms with Crippen molar-refractivity contribution in [3.8, 4) is 0 Å². The van der Waals surface area contributed by atoms with Crippen molar-refractivity contribution in [1.29, 1.82) is 0 Å². The van der Waals surface area contributed by atoms with Crippen LogP contribution in [0.15, 0.2) is 18.2 Å². The molecule has 1 aromatic rings. The molecule has 2 amide bonds. The number of amides is 2. The maximum Gasteiger partial charge on any atom is 0.243 e. The molecular formula is C17H25N3O2. The lowest BCUT2D eigenvalue weighted by atomic mass is 10.0. The predicted molar refractivity (Wildman–Crippen MR) is 87.8 cm³/mol. The summed E-state index contributed by atoms with van der Waals surface area (Å²) in [5.41, 5.74) is 2.89. The highest BCUT2D eigenvalue weighted by atomic mass is 16.2. The number of anilines is 1. The number of carbonyl (C=O) groups is 2. The molecule has 0 aromatic heterocycles. The van der Waals surface area contributed by atoms with Crippen molar-refractivity contribution in [3.63, 3.8) is 0 Å². The smallest absolute Gasteiger partial charge is 0.243 e. The monoisotopic (exact) mass is 303 g/mol. The zero-order valence-electron chi connectivity index (χ0n) is 13.6. The molecule has 0 bridgehead atoms. The molecule has 0 aliphatic carbocycles. The summed E-state index contributed by atoms with van der Waals surface area (Å²) in [5, 5.41) is 6.13. The Morgan fingerprint density at radius 3 is 2.55 bits per heavy atom. The number of likely N-dealkylation sites (N-methyl/N-ethyl adjacent to an activating group) is 1. The van der Waals surface area contributed by atoms with Gasteiger partial charge in [-0.15, -0.1) is 0 Å². The third-order valence-corrected chi connectivity index (χ3v) is 4.11. The summed E-state index contributed by atoms with van der Waals surface area (Å²) >= 11 is 0. The molecule has 1 aliphatic rings. The zero-order chi connectivity index (χ0) is 16.1. The first-order valence-corrected chi connectivity index (χ1v) is 7.83. The Kier molecular flexibility index (Phi) is 5.55. The van der Waals surface area contributed by atoms with E-state index in [1.165, 1.54) is 4.90 Å². The highest BCUT2D eigenvalue weighted by Gasteiger charge is 2.24. The van der Waals surface area contributed by atoms with Gasteiger partial charge in [-0.3, -0.25) is 9.59 Å². The van der Waals surface area contributed by atoms with Crippen LogP contribution in [0.4, 0.5) is 5.69 Å². The van der Waals surface area contributed by atoms with Gasteiger partial charge in [0.25, 0.3) is 0 Å². The van der Waals surface area contributed by atoms with Gasteiger partial charge in [0.15, 0.2) is 0 Å². The summed E-state index contributed by atoms with van der Waals surface area (Å²) in [4.78, 5) is 26.0. The number of piperidine rings is 1. The summed E-state index contributed by atoms with van der Waals surface area (Å²) in [7, 11) is 1.68. The lowest BCUT2D eigenvalue weighted by Crippen LogP contribution is -2.49. The van der Waals surface area contributed by atoms with Crippen molar-refractivity contribution in [2.24, 2.45) is 0 Å². The van der Waals surface area contributed by atoms with E-state index in [4.69, 9.17) is 0 Å². The second kappa shape index (κ2) is 7.40. The van der Waals surface area contributed by atoms with E-state index >= 15 is 0 Å². The summed E-state index contributed by atoms with van der Waals surface area (Å²) in [6.45, 7) is 4.87. The van der Waals surface area contributed by atoms with Crippen molar-refractivity contribution < 1.29 is 9.59 Å². The fraction of sp³-hybridized carbons (Fsp3) is 0.529. The van der Waals surface area contributed by atoms with Crippen LogP contribution in [-0.2, 0) is 9.59 Å². The van der Waals surface area contributed by atoms with Gasteiger partial charge >= 0.3 is 0 Å². The van der Waals surface area contributed by atoms with Crippen molar-refractivity contribution in [3.05, 3.63) is 29.3 Å². The van der Waals surface area contributed by atoms with Gasteiger partial charge in [0.2, 0.25) is 11.8 Å². The quantitative estimate of drug-likeness (QED) is 0.892. The maximum absolute atomic E-state index is 12.3. The largest absolute Gasteiger partial charge is 0.335 e. The van der Waals surface area contributed by atoms with Crippen LogP contribution in [-0.4, -0.2) is 42.9 Å². The molecule has 2 N–H and O–H groups in total. The second-order valence-corrected chi connectivity index (χ2v) is 6.01. The zero-order valence-corrected chi connectivity index (χ0v) is 13.6. The van der Waals surface area contributed by atoms with Crippen molar-refractivity contribution in [1.82, 2.24) is 10.2 Å². The Bertz CT molecular complexity index is 531. The highest BCUT2D eigenvalue weighted by Crippen LogP contribution is 2.19. The average Bonchev–Trinajstić information content (AvgIpc) is 2.51. The fourth-order valence-corrected chi connectivity index (χ4v) is 2.81. The summed E-state index contributed by atoms with van der Waals surface area (Å²) in [6.07, 6.45) is 3.02. The van der Waals surface area contributed by atoms with Crippen LogP contribution in [0.3, 0.4) is 0 Å². The third-order valence-electron chi connectivity index (χ3n) is 4.11.